The molecule has 0 spiro atoms. The van der Waals surface area contributed by atoms with E-state index in [-0.39, 0.29) is 0 Å². The normalized spacial score (nSPS) is 11.7. The molecule has 0 radical (unpaired) electrons. The summed E-state index contributed by atoms with van der Waals surface area (Å²) in [6.07, 6.45) is 0. The molecule has 0 aliphatic rings. The highest BCUT2D eigenvalue weighted by Gasteiger charge is 2.20. The van der Waals surface area contributed by atoms with Crippen molar-refractivity contribution in [2.75, 3.05) is 0 Å². The Balaban J connectivity index is 0.875. The Morgan fingerprint density at radius 3 is 1.67 bits per heavy atom. The molecule has 10 aromatic carbocycles. The first kappa shape index (κ1) is 39.6. The quantitative estimate of drug-likeness (QED) is 0.149. The lowest BCUT2D eigenvalue weighted by Crippen LogP contribution is -2.00. The topological polar surface area (TPSA) is 69.6 Å². The number of hydrogen-bond donors (Lipinski definition) is 0. The minimum absolute atomic E-state index is 0.593. The van der Waals surface area contributed by atoms with E-state index in [1.54, 1.807) is 0 Å². The van der Waals surface area contributed by atoms with Crippen molar-refractivity contribution in [3.63, 3.8) is 0 Å². The Labute approximate surface area is 402 Å². The maximum absolute atomic E-state index is 6.44. The molecule has 0 N–H and O–H groups in total. The van der Waals surface area contributed by atoms with Crippen molar-refractivity contribution < 1.29 is 4.42 Å². The van der Waals surface area contributed by atoms with Gasteiger partial charge in [0, 0.05) is 65.8 Å². The minimum atomic E-state index is 0.593. The van der Waals surface area contributed by atoms with Gasteiger partial charge in [-0.1, -0.05) is 188 Å². The standard InChI is InChI=1S/C64H39N5O/c1-4-16-41(17-5-1)60-55-38-54-50-24-10-12-28-57(50)69(47-22-8-3-9-23-47)58(54)39-53(55)49-35-34-44(37-56(49)65-60)40-30-32-43(33-31-40)63-66-62(42-18-6-2-7-19-42)67-64(68-63)46-21-14-20-45(36-46)48-26-15-27-52-51-25-11-13-29-59(51)70-61(48)52/h1-39H. The molecule has 6 nitrogen and oxygen atoms in total. The predicted octanol–water partition coefficient (Wildman–Crippen LogP) is 16.6. The molecule has 0 saturated carbocycles. The van der Waals surface area contributed by atoms with Crippen molar-refractivity contribution >= 4 is 65.4 Å². The van der Waals surface area contributed by atoms with Gasteiger partial charge in [-0.2, -0.15) is 0 Å². The van der Waals surface area contributed by atoms with E-state index in [4.69, 9.17) is 24.4 Å². The van der Waals surface area contributed by atoms with E-state index in [9.17, 15) is 0 Å². The largest absolute Gasteiger partial charge is 0.455 e. The number of rotatable bonds is 7. The van der Waals surface area contributed by atoms with Crippen molar-refractivity contribution in [3.05, 3.63) is 237 Å². The van der Waals surface area contributed by atoms with Gasteiger partial charge in [-0.15, -0.1) is 0 Å². The highest BCUT2D eigenvalue weighted by molar-refractivity contribution is 6.20. The fraction of sp³-hybridized carbons (Fsp3) is 0. The molecule has 6 heteroatoms. The zero-order valence-electron chi connectivity index (χ0n) is 37.7. The van der Waals surface area contributed by atoms with E-state index in [2.05, 4.69) is 193 Å². The first-order chi connectivity index (χ1) is 34.7. The lowest BCUT2D eigenvalue weighted by Gasteiger charge is -2.13. The van der Waals surface area contributed by atoms with Crippen LogP contribution in [0.5, 0.6) is 0 Å². The van der Waals surface area contributed by atoms with Gasteiger partial charge in [0.25, 0.3) is 0 Å². The fourth-order valence-electron chi connectivity index (χ4n) is 10.3. The average Bonchev–Trinajstić information content (AvgIpc) is 3.98. The van der Waals surface area contributed by atoms with Gasteiger partial charge in [0.1, 0.15) is 11.2 Å². The molecule has 0 fully saturated rings. The molecule has 70 heavy (non-hydrogen) atoms. The van der Waals surface area contributed by atoms with E-state index >= 15 is 0 Å². The Morgan fingerprint density at radius 2 is 0.886 bits per heavy atom. The van der Waals surface area contributed by atoms with Gasteiger partial charge in [0.2, 0.25) is 0 Å². The van der Waals surface area contributed by atoms with E-state index in [1.165, 1.54) is 16.3 Å². The van der Waals surface area contributed by atoms with Crippen molar-refractivity contribution in [2.45, 2.75) is 0 Å². The van der Waals surface area contributed by atoms with E-state index < -0.39 is 0 Å². The summed E-state index contributed by atoms with van der Waals surface area (Å²) in [4.78, 5) is 20.7. The molecular weight excluding hydrogens is 855 g/mol. The van der Waals surface area contributed by atoms with E-state index in [0.717, 1.165) is 105 Å². The SMILES string of the molecule is c1ccc(-c2nc(-c3ccc(-c4ccc5c(c4)nc(-c4ccccc4)c4cc6c7ccccc7n(-c7ccccc7)c6cc45)cc3)nc(-c3cccc(-c4cccc5c4oc4ccccc45)c3)n2)cc1. The summed E-state index contributed by atoms with van der Waals surface area (Å²) in [5.41, 5.74) is 15.0. The van der Waals surface area contributed by atoms with Gasteiger partial charge in [0.05, 0.1) is 22.2 Å². The summed E-state index contributed by atoms with van der Waals surface area (Å²) in [6, 6.07) is 82.8. The summed E-state index contributed by atoms with van der Waals surface area (Å²) in [5.74, 6) is 1.80. The molecule has 0 saturated heterocycles. The van der Waals surface area contributed by atoms with Crippen LogP contribution in [0.4, 0.5) is 0 Å². The first-order valence-electron chi connectivity index (χ1n) is 23.5. The van der Waals surface area contributed by atoms with Crippen LogP contribution < -0.4 is 0 Å². The number of nitrogens with zero attached hydrogens (tertiary/aromatic N) is 5. The van der Waals surface area contributed by atoms with Gasteiger partial charge in [-0.3, -0.25) is 0 Å². The van der Waals surface area contributed by atoms with E-state index in [1.807, 2.05) is 48.5 Å². The number of benzene rings is 10. The Kier molecular flexibility index (Phi) is 9.10. The molecule has 14 rings (SSSR count). The number of aromatic nitrogens is 5. The summed E-state index contributed by atoms with van der Waals surface area (Å²) in [6.45, 7) is 0. The molecule has 0 aliphatic heterocycles. The molecule has 14 aromatic rings. The Morgan fingerprint density at radius 1 is 0.300 bits per heavy atom. The molecule has 0 amide bonds. The molecular formula is C64H39N5O. The zero-order valence-corrected chi connectivity index (χ0v) is 37.7. The number of fused-ring (bicyclic) bond motifs is 9. The maximum Gasteiger partial charge on any atom is 0.164 e. The Hall–Kier alpha value is -9.52. The van der Waals surface area contributed by atoms with Crippen LogP contribution in [-0.4, -0.2) is 24.5 Å². The lowest BCUT2D eigenvalue weighted by molar-refractivity contribution is 0.670. The third kappa shape index (κ3) is 6.57. The van der Waals surface area contributed by atoms with Crippen molar-refractivity contribution in [1.29, 1.82) is 0 Å². The van der Waals surface area contributed by atoms with Gasteiger partial charge >= 0.3 is 0 Å². The Bertz CT molecular complexity index is 4330. The van der Waals surface area contributed by atoms with E-state index in [0.29, 0.717) is 17.5 Å². The van der Waals surface area contributed by atoms with Crippen molar-refractivity contribution in [1.82, 2.24) is 24.5 Å². The summed E-state index contributed by atoms with van der Waals surface area (Å²) in [7, 11) is 0. The summed E-state index contributed by atoms with van der Waals surface area (Å²) in [5, 5.41) is 8.00. The first-order valence-corrected chi connectivity index (χ1v) is 23.5. The number of hydrogen-bond acceptors (Lipinski definition) is 5. The summed E-state index contributed by atoms with van der Waals surface area (Å²) >= 11 is 0. The number of pyridine rings is 1. The van der Waals surface area contributed by atoms with Crippen LogP contribution >= 0.6 is 0 Å². The lowest BCUT2D eigenvalue weighted by atomic mass is 9.96. The zero-order chi connectivity index (χ0) is 46.1. The van der Waals surface area contributed by atoms with Crippen LogP contribution in [0.2, 0.25) is 0 Å². The maximum atomic E-state index is 6.44. The average molecular weight is 894 g/mol. The monoisotopic (exact) mass is 893 g/mol. The van der Waals surface area contributed by atoms with Crippen LogP contribution in [0.15, 0.2) is 241 Å². The highest BCUT2D eigenvalue weighted by atomic mass is 16.3. The molecule has 326 valence electrons. The fourth-order valence-corrected chi connectivity index (χ4v) is 10.3. The third-order valence-electron chi connectivity index (χ3n) is 13.6. The van der Waals surface area contributed by atoms with Gasteiger partial charge in [0.15, 0.2) is 17.5 Å². The molecule has 4 aromatic heterocycles. The molecule has 0 unspecified atom stereocenters. The number of para-hydroxylation sites is 4. The molecule has 4 heterocycles. The van der Waals surface area contributed by atoms with Crippen LogP contribution in [0, 0.1) is 0 Å². The smallest absolute Gasteiger partial charge is 0.164 e. The second-order valence-electron chi connectivity index (χ2n) is 17.8. The van der Waals surface area contributed by atoms with Crippen LogP contribution in [0.1, 0.15) is 0 Å². The molecule has 0 bridgehead atoms. The van der Waals surface area contributed by atoms with Gasteiger partial charge in [-0.25, -0.2) is 19.9 Å². The van der Waals surface area contributed by atoms with Gasteiger partial charge < -0.3 is 8.98 Å². The molecule has 0 aliphatic carbocycles. The highest BCUT2D eigenvalue weighted by Crippen LogP contribution is 2.42. The van der Waals surface area contributed by atoms with Crippen molar-refractivity contribution in [3.8, 4) is 73.4 Å². The number of furan rings is 1. The second kappa shape index (κ2) is 16.1. The van der Waals surface area contributed by atoms with Crippen LogP contribution in [-0.2, 0) is 0 Å². The van der Waals surface area contributed by atoms with Crippen molar-refractivity contribution in [2.24, 2.45) is 0 Å². The van der Waals surface area contributed by atoms with Crippen LogP contribution in [0.3, 0.4) is 0 Å². The van der Waals surface area contributed by atoms with Gasteiger partial charge in [-0.05, 0) is 70.6 Å². The second-order valence-corrected chi connectivity index (χ2v) is 17.8. The molecule has 0 atom stereocenters. The third-order valence-corrected chi connectivity index (χ3v) is 13.6. The summed E-state index contributed by atoms with van der Waals surface area (Å²) < 4.78 is 8.82. The minimum Gasteiger partial charge on any atom is -0.455 e. The van der Waals surface area contributed by atoms with Crippen LogP contribution in [0.25, 0.3) is 139 Å². The predicted molar refractivity (Wildman–Crippen MR) is 287 cm³/mol.